The Morgan fingerprint density at radius 2 is 1.76 bits per heavy atom. The molecule has 0 aliphatic carbocycles. The quantitative estimate of drug-likeness (QED) is 0.808. The van der Waals surface area contributed by atoms with Gasteiger partial charge in [-0.05, 0) is 36.2 Å². The number of hydrogen-bond donors (Lipinski definition) is 0. The van der Waals surface area contributed by atoms with Gasteiger partial charge in [-0.15, -0.1) is 0 Å². The first-order chi connectivity index (χ1) is 10.2. The number of hydrogen-bond acceptors (Lipinski definition) is 4. The van der Waals surface area contributed by atoms with E-state index in [-0.39, 0.29) is 5.97 Å². The van der Waals surface area contributed by atoms with Crippen molar-refractivity contribution in [1.82, 2.24) is 0 Å². The molecule has 4 heteroatoms. The molecule has 0 radical (unpaired) electrons. The van der Waals surface area contributed by atoms with E-state index in [1.54, 1.807) is 37.3 Å². The summed E-state index contributed by atoms with van der Waals surface area (Å²) in [7, 11) is 1.33. The van der Waals surface area contributed by atoms with Crippen molar-refractivity contribution in [2.45, 2.75) is 6.92 Å². The topological polar surface area (TPSA) is 52.6 Å². The van der Waals surface area contributed by atoms with Gasteiger partial charge in [0.1, 0.15) is 0 Å². The number of benzene rings is 2. The number of rotatable bonds is 4. The Hall–Kier alpha value is -2.62. The number of esters is 2. The van der Waals surface area contributed by atoms with Gasteiger partial charge < -0.3 is 9.47 Å². The molecule has 108 valence electrons. The van der Waals surface area contributed by atoms with Crippen LogP contribution >= 0.6 is 0 Å². The van der Waals surface area contributed by atoms with Crippen LogP contribution in [-0.2, 0) is 9.47 Å². The maximum atomic E-state index is 12.0. The normalized spacial score (nSPS) is 10.0. The fourth-order valence-corrected chi connectivity index (χ4v) is 2.05. The Balaban J connectivity index is 2.47. The maximum Gasteiger partial charge on any atom is 0.338 e. The van der Waals surface area contributed by atoms with Gasteiger partial charge in [-0.25, -0.2) is 9.59 Å². The first-order valence-corrected chi connectivity index (χ1v) is 6.62. The first-order valence-electron chi connectivity index (χ1n) is 6.62. The zero-order valence-corrected chi connectivity index (χ0v) is 12.0. The second-order valence-electron chi connectivity index (χ2n) is 4.34. The molecule has 2 rings (SSSR count). The first kappa shape index (κ1) is 14.8. The van der Waals surface area contributed by atoms with Crippen LogP contribution in [0.1, 0.15) is 27.6 Å². The van der Waals surface area contributed by atoms with E-state index in [0.717, 1.165) is 11.1 Å². The molecule has 0 saturated heterocycles. The minimum Gasteiger partial charge on any atom is -0.465 e. The molecule has 4 nitrogen and oxygen atoms in total. The molecule has 0 aliphatic rings. The zero-order valence-electron chi connectivity index (χ0n) is 12.0. The molecule has 0 bridgehead atoms. The molecule has 0 heterocycles. The van der Waals surface area contributed by atoms with Gasteiger partial charge in [0.15, 0.2) is 0 Å². The van der Waals surface area contributed by atoms with Gasteiger partial charge in [0, 0.05) is 0 Å². The van der Waals surface area contributed by atoms with Crippen molar-refractivity contribution in [2.75, 3.05) is 13.7 Å². The summed E-state index contributed by atoms with van der Waals surface area (Å²) in [6, 6.07) is 14.1. The Kier molecular flexibility index (Phi) is 4.72. The minimum atomic E-state index is -0.412. The van der Waals surface area contributed by atoms with E-state index in [1.807, 2.05) is 18.2 Å². The Bertz CT molecular complexity index is 661. The Labute approximate surface area is 123 Å². The highest BCUT2D eigenvalue weighted by molar-refractivity contribution is 5.98. The molecule has 0 amide bonds. The maximum absolute atomic E-state index is 12.0. The summed E-state index contributed by atoms with van der Waals surface area (Å²) in [5.41, 5.74) is 2.40. The van der Waals surface area contributed by atoms with Crippen molar-refractivity contribution in [3.05, 3.63) is 59.7 Å². The van der Waals surface area contributed by atoms with Crippen LogP contribution in [0, 0.1) is 0 Å². The molecule has 0 spiro atoms. The Morgan fingerprint density at radius 1 is 1.00 bits per heavy atom. The molecule has 0 unspecified atom stereocenters. The molecule has 0 saturated carbocycles. The predicted molar refractivity (Wildman–Crippen MR) is 79.2 cm³/mol. The van der Waals surface area contributed by atoms with E-state index < -0.39 is 5.97 Å². The summed E-state index contributed by atoms with van der Waals surface area (Å²) >= 11 is 0. The van der Waals surface area contributed by atoms with E-state index >= 15 is 0 Å². The largest absolute Gasteiger partial charge is 0.465 e. The summed E-state index contributed by atoms with van der Waals surface area (Å²) in [6.07, 6.45) is 0. The second-order valence-corrected chi connectivity index (χ2v) is 4.34. The van der Waals surface area contributed by atoms with E-state index in [9.17, 15) is 9.59 Å². The van der Waals surface area contributed by atoms with Gasteiger partial charge in [0.2, 0.25) is 0 Å². The number of carbonyl (C=O) groups is 2. The molecule has 0 fully saturated rings. The highest BCUT2D eigenvalue weighted by atomic mass is 16.5. The van der Waals surface area contributed by atoms with Gasteiger partial charge in [-0.1, -0.05) is 30.3 Å². The number of ether oxygens (including phenoxy) is 2. The fraction of sp³-hybridized carbons (Fsp3) is 0.176. The third-order valence-corrected chi connectivity index (χ3v) is 3.02. The molecule has 2 aromatic carbocycles. The minimum absolute atomic E-state index is 0.315. The van der Waals surface area contributed by atoms with Crippen molar-refractivity contribution in [3.8, 4) is 11.1 Å². The monoisotopic (exact) mass is 284 g/mol. The fourth-order valence-electron chi connectivity index (χ4n) is 2.05. The van der Waals surface area contributed by atoms with Crippen molar-refractivity contribution < 1.29 is 19.1 Å². The number of carbonyl (C=O) groups excluding carboxylic acids is 2. The van der Waals surface area contributed by atoms with E-state index in [0.29, 0.717) is 17.7 Å². The van der Waals surface area contributed by atoms with Crippen LogP contribution in [0.25, 0.3) is 11.1 Å². The standard InChI is InChI=1S/C17H16O4/c1-3-21-17(19)15-10-5-4-9-14(15)12-7-6-8-13(11-12)16(18)20-2/h4-11H,3H2,1-2H3. The van der Waals surface area contributed by atoms with Crippen LogP contribution in [0.15, 0.2) is 48.5 Å². The SMILES string of the molecule is CCOC(=O)c1ccccc1-c1cccc(C(=O)OC)c1. The summed E-state index contributed by atoms with van der Waals surface area (Å²) in [4.78, 5) is 23.6. The van der Waals surface area contributed by atoms with Crippen molar-refractivity contribution in [1.29, 1.82) is 0 Å². The van der Waals surface area contributed by atoms with Crippen molar-refractivity contribution in [2.24, 2.45) is 0 Å². The van der Waals surface area contributed by atoms with Gasteiger partial charge >= 0.3 is 11.9 Å². The summed E-state index contributed by atoms with van der Waals surface area (Å²) < 4.78 is 9.77. The molecule has 0 atom stereocenters. The average molecular weight is 284 g/mol. The van der Waals surface area contributed by atoms with Crippen LogP contribution in [0.4, 0.5) is 0 Å². The van der Waals surface area contributed by atoms with E-state index in [2.05, 4.69) is 0 Å². The zero-order chi connectivity index (χ0) is 15.2. The van der Waals surface area contributed by atoms with Crippen LogP contribution < -0.4 is 0 Å². The van der Waals surface area contributed by atoms with Gasteiger partial charge in [0.05, 0.1) is 24.8 Å². The van der Waals surface area contributed by atoms with Crippen molar-refractivity contribution >= 4 is 11.9 Å². The lowest BCUT2D eigenvalue weighted by Gasteiger charge is -2.09. The Morgan fingerprint density at radius 3 is 2.48 bits per heavy atom. The lowest BCUT2D eigenvalue weighted by Crippen LogP contribution is -2.06. The highest BCUT2D eigenvalue weighted by Crippen LogP contribution is 2.25. The average Bonchev–Trinajstić information content (AvgIpc) is 2.54. The highest BCUT2D eigenvalue weighted by Gasteiger charge is 2.14. The third kappa shape index (κ3) is 3.28. The van der Waals surface area contributed by atoms with Crippen molar-refractivity contribution in [3.63, 3.8) is 0 Å². The van der Waals surface area contributed by atoms with Crippen LogP contribution in [-0.4, -0.2) is 25.7 Å². The van der Waals surface area contributed by atoms with Crippen LogP contribution in [0.3, 0.4) is 0 Å². The lowest BCUT2D eigenvalue weighted by molar-refractivity contribution is 0.0526. The van der Waals surface area contributed by atoms with Crippen LogP contribution in [0.5, 0.6) is 0 Å². The summed E-state index contributed by atoms with van der Waals surface area (Å²) in [6.45, 7) is 2.08. The smallest absolute Gasteiger partial charge is 0.338 e. The summed E-state index contributed by atoms with van der Waals surface area (Å²) in [5.74, 6) is -0.790. The lowest BCUT2D eigenvalue weighted by atomic mass is 9.98. The molecule has 0 N–H and O–H groups in total. The van der Waals surface area contributed by atoms with E-state index in [4.69, 9.17) is 9.47 Å². The third-order valence-electron chi connectivity index (χ3n) is 3.02. The predicted octanol–water partition coefficient (Wildman–Crippen LogP) is 3.32. The molecule has 2 aromatic rings. The molecule has 21 heavy (non-hydrogen) atoms. The number of methoxy groups -OCH3 is 1. The van der Waals surface area contributed by atoms with Crippen LogP contribution in [0.2, 0.25) is 0 Å². The van der Waals surface area contributed by atoms with Gasteiger partial charge in [-0.3, -0.25) is 0 Å². The van der Waals surface area contributed by atoms with Gasteiger partial charge in [-0.2, -0.15) is 0 Å². The van der Waals surface area contributed by atoms with E-state index in [1.165, 1.54) is 7.11 Å². The molecular formula is C17H16O4. The summed E-state index contributed by atoms with van der Waals surface area (Å²) in [5, 5.41) is 0. The molecule has 0 aliphatic heterocycles. The van der Waals surface area contributed by atoms with Gasteiger partial charge in [0.25, 0.3) is 0 Å². The molecular weight excluding hydrogens is 268 g/mol. The second kappa shape index (κ2) is 6.70. The molecule has 0 aromatic heterocycles.